The normalized spacial score (nSPS) is 11.8. The second-order valence-electron chi connectivity index (χ2n) is 9.75. The second kappa shape index (κ2) is 7.83. The molecule has 0 spiro atoms. The summed E-state index contributed by atoms with van der Waals surface area (Å²) in [5.74, 6) is 0. The van der Waals surface area contributed by atoms with Gasteiger partial charge in [-0.25, -0.2) is 4.85 Å². The molecule has 0 atom stereocenters. The Hall–Kier alpha value is -3.48. The molecule has 5 aromatic rings. The summed E-state index contributed by atoms with van der Waals surface area (Å²) in [5, 5.41) is 3.76. The minimum absolute atomic E-state index is 0.0307. The van der Waals surface area contributed by atoms with Crippen molar-refractivity contribution in [1.29, 1.82) is 0 Å². The van der Waals surface area contributed by atoms with E-state index < -0.39 is 0 Å². The molecular formula is C30H26N2S. The Morgan fingerprint density at radius 3 is 2.30 bits per heavy atom. The lowest BCUT2D eigenvalue weighted by Gasteiger charge is -2.22. The van der Waals surface area contributed by atoms with Crippen molar-refractivity contribution in [3.8, 4) is 21.7 Å². The van der Waals surface area contributed by atoms with Crippen LogP contribution in [0.25, 0.3) is 47.4 Å². The van der Waals surface area contributed by atoms with Gasteiger partial charge in [-0.1, -0.05) is 68.3 Å². The van der Waals surface area contributed by atoms with E-state index >= 15 is 0 Å². The van der Waals surface area contributed by atoms with Crippen LogP contribution < -0.4 is 0 Å². The summed E-state index contributed by atoms with van der Waals surface area (Å²) in [7, 11) is 0. The topological polar surface area (TPSA) is 17.2 Å². The van der Waals surface area contributed by atoms with Crippen molar-refractivity contribution in [3.05, 3.63) is 95.0 Å². The maximum absolute atomic E-state index is 7.36. The van der Waals surface area contributed by atoms with Gasteiger partial charge in [-0.3, -0.25) is 4.98 Å². The van der Waals surface area contributed by atoms with Crippen LogP contribution in [0.1, 0.15) is 37.5 Å². The standard InChI is InChI=1S/C30H26N2S/c1-18-13-23(31-6)14-19(2)27(18)26-17-21-11-12-32-28(29(21)33-26)22-15-20-9-7-8-10-24(20)25(16-22)30(3,4)5/h7-17H,1-5H3. The van der Waals surface area contributed by atoms with E-state index in [1.165, 1.54) is 36.9 Å². The van der Waals surface area contributed by atoms with E-state index in [0.29, 0.717) is 5.69 Å². The Balaban J connectivity index is 1.75. The molecule has 0 N–H and O–H groups in total. The maximum Gasteiger partial charge on any atom is 0.187 e. The molecule has 0 bridgehead atoms. The Kier molecular flexibility index (Phi) is 5.07. The number of pyridine rings is 1. The monoisotopic (exact) mass is 446 g/mol. The highest BCUT2D eigenvalue weighted by Gasteiger charge is 2.20. The molecule has 3 aromatic carbocycles. The lowest BCUT2D eigenvalue weighted by atomic mass is 9.82. The predicted molar refractivity (Wildman–Crippen MR) is 142 cm³/mol. The van der Waals surface area contributed by atoms with Gasteiger partial charge in [0.15, 0.2) is 5.69 Å². The molecule has 2 heterocycles. The van der Waals surface area contributed by atoms with E-state index in [4.69, 9.17) is 11.6 Å². The van der Waals surface area contributed by atoms with Crippen molar-refractivity contribution >= 4 is 37.9 Å². The molecule has 33 heavy (non-hydrogen) atoms. The smallest absolute Gasteiger partial charge is 0.187 e. The van der Waals surface area contributed by atoms with Gasteiger partial charge in [0.25, 0.3) is 0 Å². The van der Waals surface area contributed by atoms with Crippen molar-refractivity contribution in [1.82, 2.24) is 4.98 Å². The number of hydrogen-bond acceptors (Lipinski definition) is 2. The van der Waals surface area contributed by atoms with Crippen LogP contribution in [0.3, 0.4) is 0 Å². The largest absolute Gasteiger partial charge is 0.255 e. The molecular weight excluding hydrogens is 420 g/mol. The minimum atomic E-state index is 0.0307. The lowest BCUT2D eigenvalue weighted by Crippen LogP contribution is -2.12. The molecule has 0 saturated heterocycles. The first-order chi connectivity index (χ1) is 15.8. The SMILES string of the molecule is [C-]#[N+]c1cc(C)c(-c2cc3ccnc(-c4cc(C(C)(C)C)c5ccccc5c4)c3s2)c(C)c1. The van der Waals surface area contributed by atoms with Gasteiger partial charge in [-0.2, -0.15) is 0 Å². The van der Waals surface area contributed by atoms with E-state index in [-0.39, 0.29) is 5.41 Å². The summed E-state index contributed by atoms with van der Waals surface area (Å²) in [6, 6.07) is 21.6. The summed E-state index contributed by atoms with van der Waals surface area (Å²) in [6.07, 6.45) is 1.92. The highest BCUT2D eigenvalue weighted by atomic mass is 32.1. The third kappa shape index (κ3) is 3.71. The van der Waals surface area contributed by atoms with E-state index in [0.717, 1.165) is 22.4 Å². The third-order valence-corrected chi connectivity index (χ3v) is 7.44. The number of fused-ring (bicyclic) bond motifs is 2. The fraction of sp³-hybridized carbons (Fsp3) is 0.200. The van der Waals surface area contributed by atoms with Crippen LogP contribution in [0.2, 0.25) is 0 Å². The lowest BCUT2D eigenvalue weighted by molar-refractivity contribution is 0.596. The van der Waals surface area contributed by atoms with Gasteiger partial charge in [-0.05, 0) is 70.8 Å². The fourth-order valence-electron chi connectivity index (χ4n) is 4.76. The van der Waals surface area contributed by atoms with Gasteiger partial charge < -0.3 is 0 Å². The summed E-state index contributed by atoms with van der Waals surface area (Å²) in [4.78, 5) is 9.70. The van der Waals surface area contributed by atoms with E-state index in [2.05, 4.69) is 88.0 Å². The predicted octanol–water partition coefficient (Wildman–Crippen LogP) is 9.25. The average Bonchev–Trinajstić information content (AvgIpc) is 3.20. The number of aryl methyl sites for hydroxylation is 2. The van der Waals surface area contributed by atoms with Crippen molar-refractivity contribution in [3.63, 3.8) is 0 Å². The van der Waals surface area contributed by atoms with Gasteiger partial charge in [0.2, 0.25) is 0 Å². The molecule has 3 heteroatoms. The van der Waals surface area contributed by atoms with Crippen LogP contribution in [0.4, 0.5) is 5.69 Å². The number of aromatic nitrogens is 1. The molecule has 0 radical (unpaired) electrons. The highest BCUT2D eigenvalue weighted by molar-refractivity contribution is 7.22. The van der Waals surface area contributed by atoms with Crippen LogP contribution >= 0.6 is 11.3 Å². The molecule has 0 aliphatic rings. The summed E-state index contributed by atoms with van der Waals surface area (Å²) >= 11 is 1.79. The zero-order valence-corrected chi connectivity index (χ0v) is 20.5. The molecule has 0 fully saturated rings. The van der Waals surface area contributed by atoms with Gasteiger partial charge >= 0.3 is 0 Å². The van der Waals surface area contributed by atoms with Gasteiger partial charge in [-0.15, -0.1) is 11.3 Å². The molecule has 0 aliphatic carbocycles. The summed E-state index contributed by atoms with van der Waals surface area (Å²) in [6.45, 7) is 18.4. The van der Waals surface area contributed by atoms with Gasteiger partial charge in [0.05, 0.1) is 17.0 Å². The van der Waals surface area contributed by atoms with Crippen LogP contribution in [-0.2, 0) is 5.41 Å². The van der Waals surface area contributed by atoms with E-state index in [1.54, 1.807) is 11.3 Å². The Bertz CT molecular complexity index is 1550. The van der Waals surface area contributed by atoms with Crippen molar-refractivity contribution in [2.24, 2.45) is 0 Å². The molecule has 0 unspecified atom stereocenters. The number of rotatable bonds is 2. The van der Waals surface area contributed by atoms with E-state index in [1.807, 2.05) is 18.3 Å². The number of nitrogens with zero attached hydrogens (tertiary/aromatic N) is 2. The average molecular weight is 447 g/mol. The Labute approximate surface area is 199 Å². The summed E-state index contributed by atoms with van der Waals surface area (Å²) < 4.78 is 1.20. The molecule has 2 aromatic heterocycles. The highest BCUT2D eigenvalue weighted by Crippen LogP contribution is 2.43. The Morgan fingerprint density at radius 1 is 0.879 bits per heavy atom. The second-order valence-corrected chi connectivity index (χ2v) is 10.8. The van der Waals surface area contributed by atoms with Gasteiger partial charge in [0, 0.05) is 16.6 Å². The first kappa shape index (κ1) is 21.4. The molecule has 0 amide bonds. The first-order valence-electron chi connectivity index (χ1n) is 11.2. The maximum atomic E-state index is 7.36. The molecule has 162 valence electrons. The molecule has 5 rings (SSSR count). The van der Waals surface area contributed by atoms with Crippen molar-refractivity contribution in [2.45, 2.75) is 40.0 Å². The first-order valence-corrected chi connectivity index (χ1v) is 12.0. The zero-order chi connectivity index (χ0) is 23.3. The zero-order valence-electron chi connectivity index (χ0n) is 19.7. The molecule has 0 saturated carbocycles. The van der Waals surface area contributed by atoms with E-state index in [9.17, 15) is 0 Å². The number of hydrogen-bond donors (Lipinski definition) is 0. The summed E-state index contributed by atoms with van der Waals surface area (Å²) in [5.41, 5.74) is 7.77. The number of thiophene rings is 1. The van der Waals surface area contributed by atoms with Crippen LogP contribution in [0, 0.1) is 20.4 Å². The van der Waals surface area contributed by atoms with Crippen molar-refractivity contribution < 1.29 is 0 Å². The third-order valence-electron chi connectivity index (χ3n) is 6.27. The van der Waals surface area contributed by atoms with Crippen LogP contribution in [0.5, 0.6) is 0 Å². The van der Waals surface area contributed by atoms with Crippen LogP contribution in [-0.4, -0.2) is 4.98 Å². The number of benzene rings is 3. The Morgan fingerprint density at radius 2 is 1.61 bits per heavy atom. The minimum Gasteiger partial charge on any atom is -0.255 e. The van der Waals surface area contributed by atoms with Gasteiger partial charge in [0.1, 0.15) is 0 Å². The van der Waals surface area contributed by atoms with Crippen LogP contribution in [0.15, 0.2) is 66.9 Å². The quantitative estimate of drug-likeness (QED) is 0.247. The molecule has 0 aliphatic heterocycles. The fourth-order valence-corrected chi connectivity index (χ4v) is 6.10. The van der Waals surface area contributed by atoms with Crippen molar-refractivity contribution in [2.75, 3.05) is 0 Å². The molecule has 2 nitrogen and oxygen atoms in total.